The van der Waals surface area contributed by atoms with E-state index in [1.54, 1.807) is 24.3 Å². The summed E-state index contributed by atoms with van der Waals surface area (Å²) >= 11 is 0. The van der Waals surface area contributed by atoms with Crippen LogP contribution in [-0.4, -0.2) is 46.1 Å². The van der Waals surface area contributed by atoms with Crippen molar-refractivity contribution in [2.45, 2.75) is 25.2 Å². The monoisotopic (exact) mass is 393 g/mol. The number of piperidine rings is 1. The van der Waals surface area contributed by atoms with Crippen LogP contribution >= 0.6 is 0 Å². The highest BCUT2D eigenvalue weighted by molar-refractivity contribution is 5.94. The molecule has 7 nitrogen and oxygen atoms in total. The number of benzene rings is 1. The number of carbonyl (C=O) groups excluding carboxylic acids is 1. The number of aromatic hydroxyl groups is 1. The quantitative estimate of drug-likeness (QED) is 0.715. The first-order valence-electron chi connectivity index (χ1n) is 9.65. The number of pyridine rings is 1. The molecule has 3 heterocycles. The minimum Gasteiger partial charge on any atom is -0.505 e. The van der Waals surface area contributed by atoms with Crippen molar-refractivity contribution in [1.82, 2.24) is 14.9 Å². The molecule has 29 heavy (non-hydrogen) atoms. The molecule has 1 atom stereocenters. The Morgan fingerprint density at radius 1 is 1.28 bits per heavy atom. The summed E-state index contributed by atoms with van der Waals surface area (Å²) in [6, 6.07) is 10.9. The highest BCUT2D eigenvalue weighted by atomic mass is 16.5. The summed E-state index contributed by atoms with van der Waals surface area (Å²) in [5.41, 5.74) is 1.19. The summed E-state index contributed by atoms with van der Waals surface area (Å²) in [4.78, 5) is 22.9. The Labute approximate surface area is 169 Å². The van der Waals surface area contributed by atoms with Gasteiger partial charge >= 0.3 is 0 Å². The second-order valence-electron chi connectivity index (χ2n) is 7.15. The van der Waals surface area contributed by atoms with Crippen LogP contribution in [-0.2, 0) is 6.42 Å². The minimum absolute atomic E-state index is 0.0307. The minimum atomic E-state index is -0.266. The van der Waals surface area contributed by atoms with E-state index in [1.807, 2.05) is 24.3 Å². The van der Waals surface area contributed by atoms with Gasteiger partial charge < -0.3 is 19.2 Å². The Hall–Kier alpha value is -3.35. The maximum atomic E-state index is 12.7. The standard InChI is InChI=1S/C22H23N3O4/c1-28-17-8-6-15(7-9-17)12-18-13-24-21(29-18)16-4-3-11-25(14-16)22(27)20-19(26)5-2-10-23-20/h2,5-10,13,16,26H,3-4,11-12,14H2,1H3. The molecule has 1 amide bonds. The lowest BCUT2D eigenvalue weighted by atomic mass is 9.97. The largest absolute Gasteiger partial charge is 0.505 e. The molecule has 0 saturated carbocycles. The first-order chi connectivity index (χ1) is 14.1. The summed E-state index contributed by atoms with van der Waals surface area (Å²) in [5, 5.41) is 9.92. The zero-order valence-electron chi connectivity index (χ0n) is 16.2. The number of carbonyl (C=O) groups is 1. The third kappa shape index (κ3) is 4.23. The van der Waals surface area contributed by atoms with Crippen LogP contribution in [0.1, 0.15) is 46.5 Å². The van der Waals surface area contributed by atoms with Gasteiger partial charge in [-0.1, -0.05) is 12.1 Å². The molecule has 1 fully saturated rings. The fraction of sp³-hybridized carbons (Fsp3) is 0.318. The van der Waals surface area contributed by atoms with Crippen molar-refractivity contribution in [2.24, 2.45) is 0 Å². The van der Waals surface area contributed by atoms with E-state index in [1.165, 1.54) is 12.3 Å². The summed E-state index contributed by atoms with van der Waals surface area (Å²) < 4.78 is 11.2. The van der Waals surface area contributed by atoms with Gasteiger partial charge in [-0.2, -0.15) is 0 Å². The normalized spacial score (nSPS) is 16.6. The third-order valence-corrected chi connectivity index (χ3v) is 5.16. The lowest BCUT2D eigenvalue weighted by Gasteiger charge is -2.31. The van der Waals surface area contributed by atoms with Crippen molar-refractivity contribution >= 4 is 5.91 Å². The van der Waals surface area contributed by atoms with Crippen molar-refractivity contribution in [3.8, 4) is 11.5 Å². The number of nitrogens with zero attached hydrogens (tertiary/aromatic N) is 3. The highest BCUT2D eigenvalue weighted by Gasteiger charge is 2.30. The lowest BCUT2D eigenvalue weighted by molar-refractivity contribution is 0.0688. The van der Waals surface area contributed by atoms with E-state index in [4.69, 9.17) is 9.15 Å². The fourth-order valence-corrected chi connectivity index (χ4v) is 3.61. The molecule has 0 aliphatic carbocycles. The Bertz CT molecular complexity index is 984. The van der Waals surface area contributed by atoms with Crippen LogP contribution in [0.3, 0.4) is 0 Å². The number of ether oxygens (including phenoxy) is 1. The first kappa shape index (κ1) is 19.0. The topological polar surface area (TPSA) is 88.7 Å². The predicted octanol–water partition coefficient (Wildman–Crippen LogP) is 3.39. The number of amides is 1. The van der Waals surface area contributed by atoms with Crippen molar-refractivity contribution in [2.75, 3.05) is 20.2 Å². The average molecular weight is 393 g/mol. The van der Waals surface area contributed by atoms with Gasteiger partial charge in [0.25, 0.3) is 5.91 Å². The third-order valence-electron chi connectivity index (χ3n) is 5.16. The summed E-state index contributed by atoms with van der Waals surface area (Å²) in [6.07, 6.45) is 5.66. The molecule has 0 bridgehead atoms. The summed E-state index contributed by atoms with van der Waals surface area (Å²) in [7, 11) is 1.64. The van der Waals surface area contributed by atoms with Gasteiger partial charge in [-0.05, 0) is 42.7 Å². The van der Waals surface area contributed by atoms with Crippen LogP contribution in [0.15, 0.2) is 53.2 Å². The Morgan fingerprint density at radius 2 is 2.10 bits per heavy atom. The Morgan fingerprint density at radius 3 is 2.86 bits per heavy atom. The van der Waals surface area contributed by atoms with Gasteiger partial charge in [0.2, 0.25) is 0 Å². The highest BCUT2D eigenvalue weighted by Crippen LogP contribution is 2.29. The maximum absolute atomic E-state index is 12.7. The number of likely N-dealkylation sites (tertiary alicyclic amines) is 1. The average Bonchev–Trinajstić information content (AvgIpc) is 3.23. The molecule has 0 spiro atoms. The molecule has 2 aromatic heterocycles. The first-order valence-corrected chi connectivity index (χ1v) is 9.65. The van der Waals surface area contributed by atoms with Gasteiger partial charge in [-0.3, -0.25) is 4.79 Å². The maximum Gasteiger partial charge on any atom is 0.276 e. The van der Waals surface area contributed by atoms with Crippen LogP contribution in [0.5, 0.6) is 11.5 Å². The molecule has 1 saturated heterocycles. The van der Waals surface area contributed by atoms with Gasteiger partial charge in [0, 0.05) is 25.7 Å². The van der Waals surface area contributed by atoms with Crippen molar-refractivity contribution in [3.05, 3.63) is 71.7 Å². The van der Waals surface area contributed by atoms with Crippen LogP contribution in [0.2, 0.25) is 0 Å². The van der Waals surface area contributed by atoms with Crippen molar-refractivity contribution in [3.63, 3.8) is 0 Å². The predicted molar refractivity (Wildman–Crippen MR) is 106 cm³/mol. The van der Waals surface area contributed by atoms with Gasteiger partial charge in [-0.15, -0.1) is 0 Å². The zero-order valence-corrected chi connectivity index (χ0v) is 16.2. The number of oxazole rings is 1. The van der Waals surface area contributed by atoms with E-state index < -0.39 is 0 Å². The number of hydrogen-bond acceptors (Lipinski definition) is 6. The van der Waals surface area contributed by atoms with Crippen molar-refractivity contribution in [1.29, 1.82) is 0 Å². The molecular weight excluding hydrogens is 370 g/mol. The molecule has 1 aromatic carbocycles. The van der Waals surface area contributed by atoms with Crippen molar-refractivity contribution < 1.29 is 19.1 Å². The lowest BCUT2D eigenvalue weighted by Crippen LogP contribution is -2.39. The molecular formula is C22H23N3O4. The molecule has 7 heteroatoms. The molecule has 150 valence electrons. The molecule has 1 aliphatic rings. The SMILES string of the molecule is COc1ccc(Cc2cnc(C3CCCN(C(=O)c4ncccc4O)C3)o2)cc1. The second kappa shape index (κ2) is 8.34. The summed E-state index contributed by atoms with van der Waals surface area (Å²) in [5.74, 6) is 1.92. The molecule has 1 N–H and O–H groups in total. The van der Waals surface area contributed by atoms with E-state index in [-0.39, 0.29) is 23.3 Å². The van der Waals surface area contributed by atoms with Crippen LogP contribution < -0.4 is 4.74 Å². The Balaban J connectivity index is 1.43. The molecule has 1 aliphatic heterocycles. The van der Waals surface area contributed by atoms with E-state index in [2.05, 4.69) is 9.97 Å². The second-order valence-corrected chi connectivity index (χ2v) is 7.15. The molecule has 3 aromatic rings. The fourth-order valence-electron chi connectivity index (χ4n) is 3.61. The smallest absolute Gasteiger partial charge is 0.276 e. The molecule has 4 rings (SSSR count). The molecule has 0 radical (unpaired) electrons. The van der Waals surface area contributed by atoms with E-state index in [0.717, 1.165) is 29.9 Å². The number of aromatic nitrogens is 2. The van der Waals surface area contributed by atoms with Crippen LogP contribution in [0.4, 0.5) is 0 Å². The van der Waals surface area contributed by atoms with Gasteiger partial charge in [-0.25, -0.2) is 9.97 Å². The van der Waals surface area contributed by atoms with Crippen LogP contribution in [0, 0.1) is 0 Å². The van der Waals surface area contributed by atoms with Gasteiger partial charge in [0.15, 0.2) is 11.6 Å². The molecule has 1 unspecified atom stereocenters. The van der Waals surface area contributed by atoms with E-state index in [9.17, 15) is 9.90 Å². The Kier molecular flexibility index (Phi) is 5.46. The number of hydrogen-bond donors (Lipinski definition) is 1. The van der Waals surface area contributed by atoms with E-state index >= 15 is 0 Å². The summed E-state index contributed by atoms with van der Waals surface area (Å²) in [6.45, 7) is 1.13. The number of methoxy groups -OCH3 is 1. The zero-order chi connectivity index (χ0) is 20.2. The number of rotatable bonds is 5. The van der Waals surface area contributed by atoms with Gasteiger partial charge in [0.1, 0.15) is 17.3 Å². The van der Waals surface area contributed by atoms with Crippen LogP contribution in [0.25, 0.3) is 0 Å². The van der Waals surface area contributed by atoms with Gasteiger partial charge in [0.05, 0.1) is 19.2 Å². The van der Waals surface area contributed by atoms with E-state index in [0.29, 0.717) is 25.4 Å².